The number of carbonyl (C=O) groups is 1. The predicted octanol–water partition coefficient (Wildman–Crippen LogP) is 1.72. The standard InChI is InChI=1S/C6H6O2.C6H6O/c1-2-6(7)8-5-3-4-5;7-6-4-2-1-3-5-6/h1,5H,3-4H2;1-5,7H. The smallest absolute Gasteiger partial charge is 0.384 e. The Bertz CT molecular complexity index is 347. The summed E-state index contributed by atoms with van der Waals surface area (Å²) in [5, 5.41) is 8.63. The third kappa shape index (κ3) is 5.37. The van der Waals surface area contributed by atoms with Crippen LogP contribution in [0.1, 0.15) is 12.8 Å². The topological polar surface area (TPSA) is 46.5 Å². The minimum atomic E-state index is -0.535. The molecule has 15 heavy (non-hydrogen) atoms. The van der Waals surface area contributed by atoms with E-state index in [4.69, 9.17) is 11.5 Å². The van der Waals surface area contributed by atoms with Crippen LogP contribution in [0.5, 0.6) is 5.75 Å². The molecule has 78 valence electrons. The number of carbonyl (C=O) groups excluding carboxylic acids is 1. The van der Waals surface area contributed by atoms with Crippen molar-refractivity contribution < 1.29 is 14.6 Å². The average molecular weight is 204 g/mol. The second-order valence-electron chi connectivity index (χ2n) is 3.08. The number of esters is 1. The number of phenols is 1. The van der Waals surface area contributed by atoms with Crippen molar-refractivity contribution in [3.8, 4) is 18.1 Å². The van der Waals surface area contributed by atoms with E-state index in [9.17, 15) is 4.79 Å². The molecule has 1 aromatic carbocycles. The number of rotatable bonds is 1. The van der Waals surface area contributed by atoms with Gasteiger partial charge in [-0.2, -0.15) is 0 Å². The Morgan fingerprint density at radius 2 is 2.00 bits per heavy atom. The van der Waals surface area contributed by atoms with Gasteiger partial charge in [-0.05, 0) is 25.0 Å². The van der Waals surface area contributed by atoms with Crippen molar-refractivity contribution in [2.45, 2.75) is 18.9 Å². The van der Waals surface area contributed by atoms with Crippen molar-refractivity contribution in [3.05, 3.63) is 30.3 Å². The Morgan fingerprint density at radius 1 is 1.40 bits per heavy atom. The summed E-state index contributed by atoms with van der Waals surface area (Å²) in [6.45, 7) is 0. The van der Waals surface area contributed by atoms with Crippen molar-refractivity contribution in [2.24, 2.45) is 0 Å². The highest BCUT2D eigenvalue weighted by atomic mass is 16.5. The molecule has 1 aliphatic carbocycles. The molecular weight excluding hydrogens is 192 g/mol. The zero-order valence-electron chi connectivity index (χ0n) is 8.22. The third-order valence-electron chi connectivity index (χ3n) is 1.67. The molecule has 1 aliphatic rings. The van der Waals surface area contributed by atoms with Gasteiger partial charge in [-0.3, -0.25) is 0 Å². The predicted molar refractivity (Wildman–Crippen MR) is 56.1 cm³/mol. The number of hydrogen-bond acceptors (Lipinski definition) is 3. The maximum atomic E-state index is 10.2. The number of hydrogen-bond donors (Lipinski definition) is 1. The first-order valence-corrected chi connectivity index (χ1v) is 4.63. The van der Waals surface area contributed by atoms with E-state index in [0.29, 0.717) is 5.75 Å². The summed E-state index contributed by atoms with van der Waals surface area (Å²) in [6, 6.07) is 8.71. The largest absolute Gasteiger partial charge is 0.508 e. The maximum absolute atomic E-state index is 10.2. The lowest BCUT2D eigenvalue weighted by atomic mass is 10.3. The summed E-state index contributed by atoms with van der Waals surface area (Å²) in [6.07, 6.45) is 6.82. The molecule has 0 aromatic heterocycles. The highest BCUT2D eigenvalue weighted by Gasteiger charge is 2.24. The molecule has 0 radical (unpaired) electrons. The zero-order chi connectivity index (χ0) is 11.1. The van der Waals surface area contributed by atoms with Gasteiger partial charge in [-0.15, -0.1) is 6.42 Å². The first-order chi connectivity index (χ1) is 7.22. The van der Waals surface area contributed by atoms with E-state index in [-0.39, 0.29) is 6.10 Å². The van der Waals surface area contributed by atoms with E-state index in [1.807, 2.05) is 12.0 Å². The molecule has 3 heteroatoms. The van der Waals surface area contributed by atoms with Gasteiger partial charge in [-0.1, -0.05) is 18.2 Å². The lowest BCUT2D eigenvalue weighted by Crippen LogP contribution is -2.01. The first kappa shape index (κ1) is 11.1. The van der Waals surface area contributed by atoms with Crippen molar-refractivity contribution >= 4 is 5.97 Å². The molecule has 0 amide bonds. The molecular formula is C12H12O3. The van der Waals surface area contributed by atoms with Gasteiger partial charge in [0.25, 0.3) is 0 Å². The Balaban J connectivity index is 0.000000151. The molecule has 3 nitrogen and oxygen atoms in total. The van der Waals surface area contributed by atoms with Gasteiger partial charge >= 0.3 is 5.97 Å². The number of terminal acetylenes is 1. The zero-order valence-corrected chi connectivity index (χ0v) is 8.22. The maximum Gasteiger partial charge on any atom is 0.384 e. The molecule has 1 saturated carbocycles. The van der Waals surface area contributed by atoms with Gasteiger partial charge in [0.1, 0.15) is 11.9 Å². The van der Waals surface area contributed by atoms with Crippen LogP contribution in [0.4, 0.5) is 0 Å². The number of aromatic hydroxyl groups is 1. The average Bonchev–Trinajstić information content (AvgIpc) is 3.04. The van der Waals surface area contributed by atoms with E-state index in [0.717, 1.165) is 12.8 Å². The van der Waals surface area contributed by atoms with Crippen molar-refractivity contribution in [2.75, 3.05) is 0 Å². The van der Waals surface area contributed by atoms with Crippen LogP contribution in [0.2, 0.25) is 0 Å². The highest BCUT2D eigenvalue weighted by Crippen LogP contribution is 2.23. The van der Waals surface area contributed by atoms with Crippen LogP contribution in [0.25, 0.3) is 0 Å². The van der Waals surface area contributed by atoms with Gasteiger partial charge in [-0.25, -0.2) is 4.79 Å². The number of ether oxygens (including phenoxy) is 1. The molecule has 0 bridgehead atoms. The van der Waals surface area contributed by atoms with Crippen LogP contribution < -0.4 is 0 Å². The minimum absolute atomic E-state index is 0.138. The van der Waals surface area contributed by atoms with Crippen LogP contribution in [-0.4, -0.2) is 17.2 Å². The molecule has 1 N–H and O–H groups in total. The Morgan fingerprint density at radius 3 is 2.33 bits per heavy atom. The minimum Gasteiger partial charge on any atom is -0.508 e. The molecule has 2 rings (SSSR count). The van der Waals surface area contributed by atoms with E-state index in [1.165, 1.54) is 0 Å². The van der Waals surface area contributed by atoms with Gasteiger partial charge < -0.3 is 9.84 Å². The molecule has 0 spiro atoms. The molecule has 0 aliphatic heterocycles. The van der Waals surface area contributed by atoms with Crippen LogP contribution >= 0.6 is 0 Å². The van der Waals surface area contributed by atoms with Crippen molar-refractivity contribution in [3.63, 3.8) is 0 Å². The number of phenolic OH excluding ortho intramolecular Hbond substituents is 1. The quantitative estimate of drug-likeness (QED) is 0.430. The molecule has 0 atom stereocenters. The van der Waals surface area contributed by atoms with Crippen LogP contribution in [-0.2, 0) is 9.53 Å². The summed E-state index contributed by atoms with van der Waals surface area (Å²) >= 11 is 0. The number of para-hydroxylation sites is 1. The normalized spacial score (nSPS) is 13.0. The summed E-state index contributed by atoms with van der Waals surface area (Å²) < 4.78 is 4.64. The Kier molecular flexibility index (Phi) is 4.24. The van der Waals surface area contributed by atoms with Gasteiger partial charge in [0, 0.05) is 5.92 Å². The van der Waals surface area contributed by atoms with Crippen LogP contribution in [0.15, 0.2) is 30.3 Å². The molecule has 1 aromatic rings. The van der Waals surface area contributed by atoms with E-state index in [2.05, 4.69) is 4.74 Å². The highest BCUT2D eigenvalue weighted by molar-refractivity contribution is 5.87. The molecule has 1 fully saturated rings. The fourth-order valence-electron chi connectivity index (χ4n) is 0.799. The van der Waals surface area contributed by atoms with E-state index < -0.39 is 5.97 Å². The summed E-state index contributed by atoms with van der Waals surface area (Å²) in [5.74, 6) is 1.66. The van der Waals surface area contributed by atoms with E-state index in [1.54, 1.807) is 24.3 Å². The monoisotopic (exact) mass is 204 g/mol. The van der Waals surface area contributed by atoms with Gasteiger partial charge in [0.2, 0.25) is 0 Å². The molecule has 0 saturated heterocycles. The van der Waals surface area contributed by atoms with Crippen molar-refractivity contribution in [1.29, 1.82) is 0 Å². The SMILES string of the molecule is C#CC(=O)OC1CC1.Oc1ccccc1. The van der Waals surface area contributed by atoms with Crippen molar-refractivity contribution in [1.82, 2.24) is 0 Å². The lowest BCUT2D eigenvalue weighted by molar-refractivity contribution is -0.137. The summed E-state index contributed by atoms with van der Waals surface area (Å²) in [4.78, 5) is 10.2. The van der Waals surface area contributed by atoms with Gasteiger partial charge in [0.05, 0.1) is 0 Å². The number of benzene rings is 1. The Labute approximate surface area is 88.7 Å². The fourth-order valence-corrected chi connectivity index (χ4v) is 0.799. The first-order valence-electron chi connectivity index (χ1n) is 4.63. The van der Waals surface area contributed by atoms with Crippen LogP contribution in [0.3, 0.4) is 0 Å². The molecule has 0 unspecified atom stereocenters. The second-order valence-corrected chi connectivity index (χ2v) is 3.08. The summed E-state index contributed by atoms with van der Waals surface area (Å²) in [5.41, 5.74) is 0. The lowest BCUT2D eigenvalue weighted by Gasteiger charge is -1.91. The van der Waals surface area contributed by atoms with Gasteiger partial charge in [0.15, 0.2) is 0 Å². The summed E-state index contributed by atoms with van der Waals surface area (Å²) in [7, 11) is 0. The fraction of sp³-hybridized carbons (Fsp3) is 0.250. The second kappa shape index (κ2) is 5.71. The third-order valence-corrected chi connectivity index (χ3v) is 1.67. The Hall–Kier alpha value is -1.95. The van der Waals surface area contributed by atoms with E-state index >= 15 is 0 Å². The van der Waals surface area contributed by atoms with Crippen LogP contribution in [0, 0.1) is 12.3 Å². The molecule has 0 heterocycles.